The highest BCUT2D eigenvalue weighted by Crippen LogP contribution is 2.23. The molecule has 4 aromatic rings. The Hall–Kier alpha value is -3.74. The van der Waals surface area contributed by atoms with Crippen molar-refractivity contribution in [1.29, 1.82) is 0 Å². The molecule has 7 nitrogen and oxygen atoms in total. The molecule has 0 spiro atoms. The lowest BCUT2D eigenvalue weighted by molar-refractivity contribution is 0.287. The maximum atomic E-state index is 5.64. The minimum atomic E-state index is 0.168. The van der Waals surface area contributed by atoms with Crippen molar-refractivity contribution in [3.8, 4) is 17.2 Å². The van der Waals surface area contributed by atoms with Crippen molar-refractivity contribution in [3.05, 3.63) is 84.6 Å². The number of hydrogen-bond acceptors (Lipinski definition) is 7. The number of benzene rings is 1. The van der Waals surface area contributed by atoms with Crippen LogP contribution in [0.25, 0.3) is 11.5 Å². The van der Waals surface area contributed by atoms with E-state index in [1.54, 1.807) is 18.6 Å². The zero-order chi connectivity index (χ0) is 19.9. The Labute approximate surface area is 168 Å². The third kappa shape index (κ3) is 4.76. The lowest BCUT2D eigenvalue weighted by atomic mass is 10.1. The van der Waals surface area contributed by atoms with Gasteiger partial charge in [0, 0.05) is 18.6 Å². The van der Waals surface area contributed by atoms with Gasteiger partial charge in [-0.15, -0.1) is 0 Å². The number of hydrogen-bond donors (Lipinski definition) is 1. The first-order valence-electron chi connectivity index (χ1n) is 9.45. The van der Waals surface area contributed by atoms with Crippen LogP contribution in [-0.4, -0.2) is 20.1 Å². The van der Waals surface area contributed by atoms with Crippen LogP contribution in [0.3, 0.4) is 0 Å². The fraction of sp³-hybridized carbons (Fsp3) is 0.182. The molecular weight excluding hydrogens is 366 g/mol. The molecule has 0 bridgehead atoms. The van der Waals surface area contributed by atoms with Gasteiger partial charge >= 0.3 is 0 Å². The number of nitrogens with zero attached hydrogens (tertiary/aromatic N) is 4. The van der Waals surface area contributed by atoms with E-state index in [0.717, 1.165) is 23.6 Å². The molecule has 0 aliphatic rings. The van der Waals surface area contributed by atoms with E-state index in [9.17, 15) is 0 Å². The smallest absolute Gasteiger partial charge is 0.259 e. The molecule has 29 heavy (non-hydrogen) atoms. The van der Waals surface area contributed by atoms with Crippen LogP contribution < -0.4 is 10.1 Å². The van der Waals surface area contributed by atoms with Gasteiger partial charge in [-0.25, -0.2) is 4.98 Å². The molecule has 3 aromatic heterocycles. The monoisotopic (exact) mass is 387 g/mol. The molecule has 1 N–H and O–H groups in total. The first kappa shape index (κ1) is 18.6. The van der Waals surface area contributed by atoms with E-state index in [-0.39, 0.29) is 12.6 Å². The molecule has 1 atom stereocenters. The number of rotatable bonds is 8. The summed E-state index contributed by atoms with van der Waals surface area (Å²) in [6.07, 6.45) is 6.24. The highest BCUT2D eigenvalue weighted by molar-refractivity contribution is 5.54. The van der Waals surface area contributed by atoms with Crippen LogP contribution in [0.5, 0.6) is 5.75 Å². The summed E-state index contributed by atoms with van der Waals surface area (Å²) in [7, 11) is 0. The fourth-order valence-electron chi connectivity index (χ4n) is 2.90. The van der Waals surface area contributed by atoms with E-state index in [0.29, 0.717) is 11.7 Å². The predicted octanol–water partition coefficient (Wildman–Crippen LogP) is 4.67. The van der Waals surface area contributed by atoms with Crippen molar-refractivity contribution in [2.45, 2.75) is 26.0 Å². The van der Waals surface area contributed by atoms with Crippen LogP contribution in [0.1, 0.15) is 30.8 Å². The highest BCUT2D eigenvalue weighted by Gasteiger charge is 2.12. The summed E-state index contributed by atoms with van der Waals surface area (Å²) in [6.45, 7) is 2.37. The molecule has 0 unspecified atom stereocenters. The minimum Gasteiger partial charge on any atom is -0.485 e. The van der Waals surface area contributed by atoms with E-state index in [2.05, 4.69) is 32.3 Å². The molecule has 0 aliphatic carbocycles. The summed E-state index contributed by atoms with van der Waals surface area (Å²) in [5.41, 5.74) is 1.93. The van der Waals surface area contributed by atoms with Gasteiger partial charge in [-0.3, -0.25) is 4.98 Å². The molecule has 3 heterocycles. The summed E-state index contributed by atoms with van der Waals surface area (Å²) >= 11 is 0. The topological polar surface area (TPSA) is 86.0 Å². The van der Waals surface area contributed by atoms with E-state index in [4.69, 9.17) is 9.26 Å². The minimum absolute atomic E-state index is 0.168. The van der Waals surface area contributed by atoms with Crippen LogP contribution in [0.15, 0.2) is 77.7 Å². The van der Waals surface area contributed by atoms with Crippen LogP contribution in [0, 0.1) is 0 Å². The van der Waals surface area contributed by atoms with Gasteiger partial charge in [0.05, 0.1) is 11.6 Å². The van der Waals surface area contributed by atoms with Crippen molar-refractivity contribution >= 4 is 5.82 Å². The molecule has 0 amide bonds. The normalized spacial score (nSPS) is 11.8. The van der Waals surface area contributed by atoms with Crippen molar-refractivity contribution < 1.29 is 9.26 Å². The lowest BCUT2D eigenvalue weighted by Crippen LogP contribution is -2.10. The van der Waals surface area contributed by atoms with Crippen LogP contribution in [0.4, 0.5) is 5.82 Å². The van der Waals surface area contributed by atoms with Gasteiger partial charge in [0.2, 0.25) is 5.82 Å². The van der Waals surface area contributed by atoms with Crippen molar-refractivity contribution in [2.75, 3.05) is 5.32 Å². The number of ether oxygens (including phenoxy) is 1. The van der Waals surface area contributed by atoms with Gasteiger partial charge in [0.15, 0.2) is 6.61 Å². The Kier molecular flexibility index (Phi) is 5.76. The van der Waals surface area contributed by atoms with Gasteiger partial charge < -0.3 is 14.6 Å². The largest absolute Gasteiger partial charge is 0.485 e. The average Bonchev–Trinajstić information content (AvgIpc) is 3.27. The van der Waals surface area contributed by atoms with Gasteiger partial charge in [0.1, 0.15) is 11.6 Å². The number of nitrogens with one attached hydrogen (secondary N) is 1. The number of para-hydroxylation sites is 1. The fourth-order valence-corrected chi connectivity index (χ4v) is 2.90. The second kappa shape index (κ2) is 8.97. The Morgan fingerprint density at radius 2 is 1.86 bits per heavy atom. The predicted molar refractivity (Wildman–Crippen MR) is 109 cm³/mol. The van der Waals surface area contributed by atoms with E-state index >= 15 is 0 Å². The second-order valence-corrected chi connectivity index (χ2v) is 6.44. The molecule has 0 saturated carbocycles. The van der Waals surface area contributed by atoms with Crippen molar-refractivity contribution in [3.63, 3.8) is 0 Å². The zero-order valence-electron chi connectivity index (χ0n) is 16.0. The number of aromatic nitrogens is 4. The Morgan fingerprint density at radius 3 is 2.59 bits per heavy atom. The van der Waals surface area contributed by atoms with Gasteiger partial charge in [-0.05, 0) is 48.4 Å². The quantitative estimate of drug-likeness (QED) is 0.470. The lowest BCUT2D eigenvalue weighted by Gasteiger charge is -2.17. The Bertz CT molecular complexity index is 1020. The molecule has 7 heteroatoms. The second-order valence-electron chi connectivity index (χ2n) is 6.44. The summed E-state index contributed by atoms with van der Waals surface area (Å²) in [5, 5.41) is 7.41. The van der Waals surface area contributed by atoms with E-state index in [1.807, 2.05) is 54.6 Å². The summed E-state index contributed by atoms with van der Waals surface area (Å²) in [6, 6.07) is 17.5. The van der Waals surface area contributed by atoms with Gasteiger partial charge in [0.25, 0.3) is 5.89 Å². The first-order valence-corrected chi connectivity index (χ1v) is 9.45. The molecule has 0 saturated heterocycles. The molecule has 4 rings (SSSR count). The Balaban J connectivity index is 1.39. The zero-order valence-corrected chi connectivity index (χ0v) is 16.0. The molecule has 1 aromatic carbocycles. The summed E-state index contributed by atoms with van der Waals surface area (Å²) in [4.78, 5) is 12.9. The molecule has 146 valence electrons. The SMILES string of the molecule is CC[C@H](Nc1ccc(-c2nc(COc3ccccc3)no2)cn1)c1ccncc1. The Morgan fingerprint density at radius 1 is 1.03 bits per heavy atom. The maximum absolute atomic E-state index is 5.64. The molecular formula is C22H21N5O2. The standard InChI is InChI=1S/C22H21N5O2/c1-2-19(16-10-12-23-13-11-16)25-20-9-8-17(14-24-20)22-26-21(27-29-22)15-28-18-6-4-3-5-7-18/h3-14,19H,2,15H2,1H3,(H,24,25)/t19-/m0/s1. The third-order valence-corrected chi connectivity index (χ3v) is 4.43. The highest BCUT2D eigenvalue weighted by atomic mass is 16.5. The number of pyridine rings is 2. The van der Waals surface area contributed by atoms with Crippen LogP contribution in [-0.2, 0) is 6.61 Å². The molecule has 0 radical (unpaired) electrons. The maximum Gasteiger partial charge on any atom is 0.259 e. The first-order chi connectivity index (χ1) is 14.3. The van der Waals surface area contributed by atoms with Crippen molar-refractivity contribution in [1.82, 2.24) is 20.1 Å². The molecule has 0 aliphatic heterocycles. The van der Waals surface area contributed by atoms with E-state index < -0.39 is 0 Å². The average molecular weight is 387 g/mol. The van der Waals surface area contributed by atoms with Crippen molar-refractivity contribution in [2.24, 2.45) is 0 Å². The summed E-state index contributed by atoms with van der Waals surface area (Å²) in [5.74, 6) is 2.44. The molecule has 0 fully saturated rings. The third-order valence-electron chi connectivity index (χ3n) is 4.43. The number of anilines is 1. The van der Waals surface area contributed by atoms with Crippen LogP contribution >= 0.6 is 0 Å². The van der Waals surface area contributed by atoms with Gasteiger partial charge in [-0.2, -0.15) is 4.98 Å². The van der Waals surface area contributed by atoms with Crippen LogP contribution in [0.2, 0.25) is 0 Å². The summed E-state index contributed by atoms with van der Waals surface area (Å²) < 4.78 is 11.0. The van der Waals surface area contributed by atoms with E-state index in [1.165, 1.54) is 5.56 Å². The van der Waals surface area contributed by atoms with Gasteiger partial charge in [-0.1, -0.05) is 30.3 Å².